The van der Waals surface area contributed by atoms with E-state index in [0.717, 1.165) is 31.3 Å². The summed E-state index contributed by atoms with van der Waals surface area (Å²) in [5.41, 5.74) is 0. The molecule has 1 heterocycles. The average molecular weight is 174 g/mol. The average Bonchev–Trinajstić information content (AvgIpc) is 2.07. The van der Waals surface area contributed by atoms with E-state index in [-0.39, 0.29) is 0 Å². The van der Waals surface area contributed by atoms with Gasteiger partial charge in [0.15, 0.2) is 5.17 Å². The van der Waals surface area contributed by atoms with Gasteiger partial charge in [-0.2, -0.15) is 0 Å². The van der Waals surface area contributed by atoms with Crippen molar-refractivity contribution >= 4 is 16.9 Å². The highest BCUT2D eigenvalue weighted by atomic mass is 32.2. The molecule has 0 unspecified atom stereocenters. The minimum atomic E-state index is 0.711. The molecule has 4 heteroatoms. The van der Waals surface area contributed by atoms with Crippen molar-refractivity contribution in [2.45, 2.75) is 13.3 Å². The van der Waals surface area contributed by atoms with Gasteiger partial charge in [0.2, 0.25) is 0 Å². The Morgan fingerprint density at radius 2 is 2.64 bits per heavy atom. The third kappa shape index (κ3) is 3.62. The maximum absolute atomic E-state index is 5.18. The fourth-order valence-electron chi connectivity index (χ4n) is 0.788. The number of thioether (sulfide) groups is 1. The quantitative estimate of drug-likeness (QED) is 0.513. The molecule has 0 saturated carbocycles. The van der Waals surface area contributed by atoms with Gasteiger partial charge in [-0.15, -0.1) is 0 Å². The third-order valence-electron chi connectivity index (χ3n) is 1.35. The van der Waals surface area contributed by atoms with E-state index in [1.165, 1.54) is 0 Å². The van der Waals surface area contributed by atoms with Crippen molar-refractivity contribution < 1.29 is 4.74 Å². The van der Waals surface area contributed by atoms with Crippen molar-refractivity contribution in [1.82, 2.24) is 5.32 Å². The lowest BCUT2D eigenvalue weighted by molar-refractivity contribution is 0.199. The Bertz CT molecular complexity index is 138. The summed E-state index contributed by atoms with van der Waals surface area (Å²) in [5.74, 6) is 0.711. The van der Waals surface area contributed by atoms with E-state index in [0.29, 0.717) is 5.94 Å². The van der Waals surface area contributed by atoms with Gasteiger partial charge in [0, 0.05) is 19.7 Å². The lowest BCUT2D eigenvalue weighted by Crippen LogP contribution is -2.27. The van der Waals surface area contributed by atoms with Gasteiger partial charge in [-0.05, 0) is 13.3 Å². The van der Waals surface area contributed by atoms with Crippen LogP contribution in [0.5, 0.6) is 0 Å². The lowest BCUT2D eigenvalue weighted by atomic mass is 10.4. The molecule has 1 aliphatic rings. The van der Waals surface area contributed by atoms with Gasteiger partial charge >= 0.3 is 0 Å². The van der Waals surface area contributed by atoms with E-state index in [1.54, 1.807) is 11.8 Å². The summed E-state index contributed by atoms with van der Waals surface area (Å²) < 4.78 is 5.18. The topological polar surface area (TPSA) is 33.6 Å². The molecule has 0 aromatic rings. The Hall–Kier alpha value is -0.220. The van der Waals surface area contributed by atoms with E-state index in [9.17, 15) is 0 Å². The van der Waals surface area contributed by atoms with Crippen LogP contribution < -0.4 is 5.32 Å². The highest BCUT2D eigenvalue weighted by Crippen LogP contribution is 2.05. The minimum Gasteiger partial charge on any atom is -0.371 e. The summed E-state index contributed by atoms with van der Waals surface area (Å²) in [7, 11) is 0. The number of nitrogens with one attached hydrogen (secondary N) is 1. The van der Waals surface area contributed by atoms with E-state index >= 15 is 0 Å². The second-order valence-electron chi connectivity index (χ2n) is 2.22. The van der Waals surface area contributed by atoms with Crippen LogP contribution in [0.15, 0.2) is 4.99 Å². The van der Waals surface area contributed by atoms with Crippen LogP contribution in [-0.2, 0) is 4.74 Å². The van der Waals surface area contributed by atoms with E-state index in [1.807, 2.05) is 6.92 Å². The fraction of sp³-hybridized carbons (Fsp3) is 0.857. The number of ether oxygens (including phenoxy) is 1. The molecule has 0 radical (unpaired) electrons. The van der Waals surface area contributed by atoms with Crippen molar-refractivity contribution in [2.24, 2.45) is 4.99 Å². The zero-order chi connectivity index (χ0) is 7.94. The molecule has 0 aromatic carbocycles. The summed E-state index contributed by atoms with van der Waals surface area (Å²) in [6.07, 6.45) is 1.15. The first-order valence-electron chi connectivity index (χ1n) is 3.92. The van der Waals surface area contributed by atoms with Gasteiger partial charge in [0.25, 0.3) is 0 Å². The van der Waals surface area contributed by atoms with Crippen LogP contribution >= 0.6 is 11.8 Å². The maximum atomic E-state index is 5.18. The van der Waals surface area contributed by atoms with Crippen LogP contribution in [0.2, 0.25) is 0 Å². The maximum Gasteiger partial charge on any atom is 0.158 e. The molecule has 1 rings (SSSR count). The van der Waals surface area contributed by atoms with Crippen LogP contribution in [0.1, 0.15) is 13.3 Å². The van der Waals surface area contributed by atoms with Crippen LogP contribution in [0, 0.1) is 0 Å². The molecule has 0 saturated heterocycles. The molecular formula is C7H14N2OS. The normalized spacial score (nSPS) is 17.4. The fourth-order valence-corrected chi connectivity index (χ4v) is 1.54. The Morgan fingerprint density at radius 1 is 1.73 bits per heavy atom. The van der Waals surface area contributed by atoms with E-state index in [2.05, 4.69) is 10.3 Å². The summed E-state index contributed by atoms with van der Waals surface area (Å²) in [6.45, 7) is 4.79. The number of hydrogen-bond donors (Lipinski definition) is 1. The number of nitrogens with zero attached hydrogens (tertiary/aromatic N) is 1. The van der Waals surface area contributed by atoms with Crippen molar-refractivity contribution in [3.05, 3.63) is 0 Å². The molecule has 0 bridgehead atoms. The summed E-state index contributed by atoms with van der Waals surface area (Å²) in [6, 6.07) is 0. The smallest absolute Gasteiger partial charge is 0.158 e. The molecule has 1 N–H and O–H groups in total. The number of amidine groups is 1. The first kappa shape index (κ1) is 8.87. The van der Waals surface area contributed by atoms with Crippen molar-refractivity contribution in [3.8, 4) is 0 Å². The zero-order valence-corrected chi connectivity index (χ0v) is 7.62. The van der Waals surface area contributed by atoms with E-state index in [4.69, 9.17) is 4.74 Å². The highest BCUT2D eigenvalue weighted by molar-refractivity contribution is 8.13. The predicted octanol–water partition coefficient (Wildman–Crippen LogP) is 1.06. The van der Waals surface area contributed by atoms with Gasteiger partial charge in [0.05, 0.1) is 5.94 Å². The molecule has 11 heavy (non-hydrogen) atoms. The lowest BCUT2D eigenvalue weighted by Gasteiger charge is -2.13. The van der Waals surface area contributed by atoms with Crippen LogP contribution in [0.3, 0.4) is 0 Å². The summed E-state index contributed by atoms with van der Waals surface area (Å²) >= 11 is 1.64. The van der Waals surface area contributed by atoms with Gasteiger partial charge in [-0.1, -0.05) is 11.8 Å². The molecule has 3 nitrogen and oxygen atoms in total. The second kappa shape index (κ2) is 5.43. The Kier molecular flexibility index (Phi) is 4.38. The van der Waals surface area contributed by atoms with Gasteiger partial charge in [-0.3, -0.25) is 4.99 Å². The molecule has 0 atom stereocenters. The van der Waals surface area contributed by atoms with E-state index < -0.39 is 0 Å². The standard InChI is InChI=1S/C7H14N2OS/c1-2-10-6-11-7-8-4-3-5-9-7/h2-6H2,1H3,(H,8,9). The largest absolute Gasteiger partial charge is 0.371 e. The van der Waals surface area contributed by atoms with Crippen LogP contribution in [0.25, 0.3) is 0 Å². The second-order valence-corrected chi connectivity index (χ2v) is 3.13. The number of rotatable bonds is 3. The Balaban J connectivity index is 2.09. The first-order valence-corrected chi connectivity index (χ1v) is 4.91. The van der Waals surface area contributed by atoms with Gasteiger partial charge < -0.3 is 10.1 Å². The van der Waals surface area contributed by atoms with Gasteiger partial charge in [0.1, 0.15) is 0 Å². The highest BCUT2D eigenvalue weighted by Gasteiger charge is 2.02. The number of hydrogen-bond acceptors (Lipinski definition) is 4. The third-order valence-corrected chi connectivity index (χ3v) is 2.18. The predicted molar refractivity (Wildman–Crippen MR) is 49.0 cm³/mol. The Labute approximate surface area is 71.6 Å². The molecule has 0 aromatic heterocycles. The monoisotopic (exact) mass is 174 g/mol. The zero-order valence-electron chi connectivity index (χ0n) is 6.80. The molecule has 1 aliphatic heterocycles. The molecule has 64 valence electrons. The van der Waals surface area contributed by atoms with Crippen molar-refractivity contribution in [2.75, 3.05) is 25.6 Å². The van der Waals surface area contributed by atoms with Crippen molar-refractivity contribution in [1.29, 1.82) is 0 Å². The molecular weight excluding hydrogens is 160 g/mol. The minimum absolute atomic E-state index is 0.711. The first-order chi connectivity index (χ1) is 5.43. The molecule has 0 spiro atoms. The van der Waals surface area contributed by atoms with Gasteiger partial charge in [-0.25, -0.2) is 0 Å². The molecule has 0 fully saturated rings. The molecule has 0 aliphatic carbocycles. The summed E-state index contributed by atoms with van der Waals surface area (Å²) in [5, 5.41) is 4.24. The summed E-state index contributed by atoms with van der Waals surface area (Å²) in [4.78, 5) is 4.29. The SMILES string of the molecule is CCOCSC1=NCCCN1. The number of aliphatic imine (C=N–C) groups is 1. The van der Waals surface area contributed by atoms with Crippen molar-refractivity contribution in [3.63, 3.8) is 0 Å². The Morgan fingerprint density at radius 3 is 3.27 bits per heavy atom. The van der Waals surface area contributed by atoms with Crippen LogP contribution in [0.4, 0.5) is 0 Å². The molecule has 0 amide bonds. The van der Waals surface area contributed by atoms with Crippen LogP contribution in [-0.4, -0.2) is 30.8 Å².